The number of aromatic nitrogens is 3. The second-order valence-electron chi connectivity index (χ2n) is 12.3. The van der Waals surface area contributed by atoms with Crippen LogP contribution < -0.4 is 4.90 Å². The van der Waals surface area contributed by atoms with E-state index in [2.05, 4.69) is 20.9 Å². The molecule has 1 aliphatic heterocycles. The Kier molecular flexibility index (Phi) is 7.03. The minimum atomic E-state index is -0.424. The molecule has 0 bridgehead atoms. The van der Waals surface area contributed by atoms with Gasteiger partial charge in [-0.15, -0.1) is 0 Å². The van der Waals surface area contributed by atoms with Crippen molar-refractivity contribution < 1.29 is 9.59 Å². The van der Waals surface area contributed by atoms with E-state index in [1.807, 2.05) is 89.5 Å². The Morgan fingerprint density at radius 3 is 1.90 bits per heavy atom. The van der Waals surface area contributed by atoms with E-state index in [0.29, 0.717) is 39.3 Å². The van der Waals surface area contributed by atoms with Crippen LogP contribution in [-0.2, 0) is 0 Å². The zero-order valence-electron chi connectivity index (χ0n) is 27.4. The molecule has 0 radical (unpaired) electrons. The Bertz CT molecular complexity index is 2750. The van der Waals surface area contributed by atoms with Crippen LogP contribution in [0.25, 0.3) is 65.7 Å². The van der Waals surface area contributed by atoms with Gasteiger partial charge in [-0.3, -0.25) is 19.6 Å². The molecule has 0 fully saturated rings. The first-order chi connectivity index (χ1) is 25.6. The second-order valence-corrected chi connectivity index (χ2v) is 12.3. The summed E-state index contributed by atoms with van der Waals surface area (Å²) in [5, 5.41) is 11.7. The normalized spacial score (nSPS) is 12.2. The Hall–Kier alpha value is -7.68. The zero-order chi connectivity index (χ0) is 35.3. The summed E-state index contributed by atoms with van der Waals surface area (Å²) in [6, 6.07) is 40.0. The molecular formula is C44H24N6O2. The molecule has 2 amide bonds. The number of nitriles is 1. The van der Waals surface area contributed by atoms with Crippen molar-refractivity contribution in [3.8, 4) is 45.1 Å². The van der Waals surface area contributed by atoms with Crippen LogP contribution in [0.5, 0.6) is 0 Å². The fourth-order valence-electron chi connectivity index (χ4n) is 7.34. The number of fused-ring (bicyclic) bond motifs is 4. The molecule has 8 nitrogen and oxygen atoms in total. The van der Waals surface area contributed by atoms with Gasteiger partial charge in [0, 0.05) is 46.7 Å². The highest BCUT2D eigenvalue weighted by atomic mass is 16.2. The van der Waals surface area contributed by atoms with E-state index in [4.69, 9.17) is 6.57 Å². The largest absolute Gasteiger partial charge is 0.308 e. The third-order valence-electron chi connectivity index (χ3n) is 9.62. The van der Waals surface area contributed by atoms with Crippen LogP contribution in [0.2, 0.25) is 0 Å². The number of hydrogen-bond donors (Lipinski definition) is 0. The van der Waals surface area contributed by atoms with Crippen LogP contribution in [0.3, 0.4) is 0 Å². The number of hydrogen-bond acceptors (Lipinski definition) is 5. The van der Waals surface area contributed by atoms with Crippen molar-refractivity contribution in [2.75, 3.05) is 4.90 Å². The SMILES string of the molecule is [C-]#[N+]c1ccncc1-c1cccc2c1c1c(-c3cnccc3C#N)cccc1n2-c1cccc2c1C(=O)N(c1ccc(-c3ccccc3)cc1)C2=O. The number of carbonyl (C=O) groups excluding carboxylic acids is 2. The predicted octanol–water partition coefficient (Wildman–Crippen LogP) is 9.80. The molecule has 0 spiro atoms. The quantitative estimate of drug-likeness (QED) is 0.134. The van der Waals surface area contributed by atoms with Gasteiger partial charge in [0.15, 0.2) is 5.69 Å². The molecule has 0 unspecified atom stereocenters. The summed E-state index contributed by atoms with van der Waals surface area (Å²) in [5.41, 5.74) is 8.85. The van der Waals surface area contributed by atoms with Crippen molar-refractivity contribution in [1.82, 2.24) is 14.5 Å². The summed E-state index contributed by atoms with van der Waals surface area (Å²) in [4.78, 5) is 42.3. The first-order valence-corrected chi connectivity index (χ1v) is 16.5. The lowest BCUT2D eigenvalue weighted by molar-refractivity contribution is 0.0926. The maximum Gasteiger partial charge on any atom is 0.268 e. The van der Waals surface area contributed by atoms with Gasteiger partial charge in [-0.05, 0) is 70.8 Å². The first-order valence-electron chi connectivity index (χ1n) is 16.5. The molecular weight excluding hydrogens is 645 g/mol. The van der Waals surface area contributed by atoms with E-state index in [0.717, 1.165) is 44.1 Å². The van der Waals surface area contributed by atoms with Crippen LogP contribution in [0.4, 0.5) is 11.4 Å². The van der Waals surface area contributed by atoms with E-state index in [-0.39, 0.29) is 5.56 Å². The minimum Gasteiger partial charge on any atom is -0.308 e. The highest BCUT2D eigenvalue weighted by Gasteiger charge is 2.39. The number of benzene rings is 5. The molecule has 0 saturated heterocycles. The number of imide groups is 1. The van der Waals surface area contributed by atoms with Gasteiger partial charge in [0.1, 0.15) is 0 Å². The van der Waals surface area contributed by atoms with Crippen LogP contribution >= 0.6 is 0 Å². The van der Waals surface area contributed by atoms with Gasteiger partial charge in [0.05, 0.1) is 51.7 Å². The second kappa shape index (κ2) is 12.0. The van der Waals surface area contributed by atoms with E-state index < -0.39 is 11.8 Å². The number of carbonyl (C=O) groups is 2. The molecule has 9 rings (SSSR count). The van der Waals surface area contributed by atoms with E-state index >= 15 is 0 Å². The van der Waals surface area contributed by atoms with Crippen molar-refractivity contribution in [2.45, 2.75) is 0 Å². The first kappa shape index (κ1) is 30.4. The molecule has 4 heterocycles. The summed E-state index contributed by atoms with van der Waals surface area (Å²) < 4.78 is 2.00. The monoisotopic (exact) mass is 668 g/mol. The molecule has 0 atom stereocenters. The van der Waals surface area contributed by atoms with E-state index in [1.54, 1.807) is 61.2 Å². The highest BCUT2D eigenvalue weighted by Crippen LogP contribution is 2.46. The van der Waals surface area contributed by atoms with Crippen LogP contribution in [0.15, 0.2) is 146 Å². The average molecular weight is 669 g/mol. The molecule has 0 N–H and O–H groups in total. The summed E-state index contributed by atoms with van der Waals surface area (Å²) in [6.45, 7) is 7.92. The van der Waals surface area contributed by atoms with Crippen molar-refractivity contribution in [3.05, 3.63) is 174 Å². The zero-order valence-corrected chi connectivity index (χ0v) is 27.4. The number of nitrogens with zero attached hydrogens (tertiary/aromatic N) is 6. The average Bonchev–Trinajstić information content (AvgIpc) is 3.69. The van der Waals surface area contributed by atoms with E-state index in [1.165, 1.54) is 4.90 Å². The summed E-state index contributed by atoms with van der Waals surface area (Å²) in [5.74, 6) is -0.825. The van der Waals surface area contributed by atoms with Crippen LogP contribution in [0, 0.1) is 17.9 Å². The molecule has 52 heavy (non-hydrogen) atoms. The maximum absolute atomic E-state index is 14.5. The fraction of sp³-hybridized carbons (Fsp3) is 0. The van der Waals surface area contributed by atoms with Crippen LogP contribution in [-0.4, -0.2) is 26.3 Å². The molecule has 0 aliphatic carbocycles. The van der Waals surface area contributed by atoms with Crippen molar-refractivity contribution in [3.63, 3.8) is 0 Å². The smallest absolute Gasteiger partial charge is 0.268 e. The van der Waals surface area contributed by atoms with Crippen LogP contribution in [0.1, 0.15) is 26.3 Å². The Morgan fingerprint density at radius 1 is 0.596 bits per heavy atom. The minimum absolute atomic E-state index is 0.288. The van der Waals surface area contributed by atoms with Gasteiger partial charge in [0.25, 0.3) is 11.8 Å². The molecule has 1 aliphatic rings. The fourth-order valence-corrected chi connectivity index (χ4v) is 7.34. The third-order valence-corrected chi connectivity index (χ3v) is 9.62. The maximum atomic E-state index is 14.5. The molecule has 242 valence electrons. The van der Waals surface area contributed by atoms with E-state index in [9.17, 15) is 14.9 Å². The van der Waals surface area contributed by atoms with Crippen molar-refractivity contribution in [1.29, 1.82) is 5.26 Å². The molecule has 8 heteroatoms. The number of pyridine rings is 2. The molecule has 3 aromatic heterocycles. The molecule has 5 aromatic carbocycles. The number of amides is 2. The lowest BCUT2D eigenvalue weighted by Gasteiger charge is -2.15. The van der Waals surface area contributed by atoms with Gasteiger partial charge < -0.3 is 4.57 Å². The van der Waals surface area contributed by atoms with Gasteiger partial charge in [-0.2, -0.15) is 5.26 Å². The van der Waals surface area contributed by atoms with Gasteiger partial charge in [-0.1, -0.05) is 72.8 Å². The standard InChI is InChI=1S/C44H24N6O2/c1-46-36-21-23-48-26-35(36)32-11-6-14-38-41(32)40-31(34-25-47-22-20-29(34)24-45)10-5-13-37(40)50(38)39-15-7-12-33-42(39)44(52)49(43(33)51)30-18-16-28(17-19-30)27-8-3-2-4-9-27/h2-23,25-26H. The lowest BCUT2D eigenvalue weighted by atomic mass is 9.94. The predicted molar refractivity (Wildman–Crippen MR) is 201 cm³/mol. The molecule has 8 aromatic rings. The third kappa shape index (κ3) is 4.53. The number of anilines is 1. The summed E-state index contributed by atoms with van der Waals surface area (Å²) in [6.07, 6.45) is 6.54. The summed E-state index contributed by atoms with van der Waals surface area (Å²) in [7, 11) is 0. The Labute approximate surface area is 297 Å². The van der Waals surface area contributed by atoms with Crippen molar-refractivity contribution in [2.24, 2.45) is 0 Å². The van der Waals surface area contributed by atoms with Gasteiger partial charge in [-0.25, -0.2) is 9.74 Å². The topological polar surface area (TPSA) is 96.2 Å². The lowest BCUT2D eigenvalue weighted by Crippen LogP contribution is -2.29. The van der Waals surface area contributed by atoms with Gasteiger partial charge in [0.2, 0.25) is 0 Å². The van der Waals surface area contributed by atoms with Crippen molar-refractivity contribution >= 4 is 45.0 Å². The summed E-state index contributed by atoms with van der Waals surface area (Å²) >= 11 is 0. The van der Waals surface area contributed by atoms with Gasteiger partial charge >= 0.3 is 0 Å². The Balaban J connectivity index is 1.30. The molecule has 0 saturated carbocycles. The highest BCUT2D eigenvalue weighted by molar-refractivity contribution is 6.36. The number of rotatable bonds is 5. The Morgan fingerprint density at radius 2 is 1.21 bits per heavy atom.